The Morgan fingerprint density at radius 2 is 1.04 bits per heavy atom. The van der Waals surface area contributed by atoms with Crippen LogP contribution in [0.5, 0.6) is 0 Å². The van der Waals surface area contributed by atoms with E-state index in [-0.39, 0.29) is 26.2 Å². The van der Waals surface area contributed by atoms with E-state index in [0.717, 1.165) is 12.8 Å². The summed E-state index contributed by atoms with van der Waals surface area (Å²) in [5, 5.41) is 5.39. The fourth-order valence-corrected chi connectivity index (χ4v) is 2.61. The molecule has 0 aliphatic carbocycles. The first kappa shape index (κ1) is 21.6. The molecular formula is C24H26Zr. The molecular weight excluding hydrogens is 379 g/mol. The SMILES string of the molecule is Cc1cc2ccccc2[cH-]1.Cc1cc2ccccc2[cH-]1.[CH2-]CC[CH2-].[Zr+4]. The van der Waals surface area contributed by atoms with E-state index in [1.807, 2.05) is 0 Å². The predicted molar refractivity (Wildman–Crippen MR) is 109 cm³/mol. The zero-order valence-electron chi connectivity index (χ0n) is 15.3. The van der Waals surface area contributed by atoms with Gasteiger partial charge in [-0.1, -0.05) is 26.0 Å². The van der Waals surface area contributed by atoms with Crippen LogP contribution in [0.15, 0.2) is 72.8 Å². The quantitative estimate of drug-likeness (QED) is 0.295. The second-order valence-corrected chi connectivity index (χ2v) is 6.03. The Kier molecular flexibility index (Phi) is 9.68. The zero-order chi connectivity index (χ0) is 17.4. The van der Waals surface area contributed by atoms with Gasteiger partial charge in [0, 0.05) is 0 Å². The van der Waals surface area contributed by atoms with Gasteiger partial charge in [-0.2, -0.15) is 12.1 Å². The predicted octanol–water partition coefficient (Wildman–Crippen LogP) is 7.17. The van der Waals surface area contributed by atoms with Gasteiger partial charge < -0.3 is 13.8 Å². The molecule has 0 nitrogen and oxygen atoms in total. The molecule has 25 heavy (non-hydrogen) atoms. The van der Waals surface area contributed by atoms with E-state index in [2.05, 4.69) is 100 Å². The molecule has 0 spiro atoms. The van der Waals surface area contributed by atoms with Crippen LogP contribution in [0, 0.1) is 27.7 Å². The summed E-state index contributed by atoms with van der Waals surface area (Å²) in [6.07, 6.45) is 1.92. The summed E-state index contributed by atoms with van der Waals surface area (Å²) in [7, 11) is 0. The molecule has 1 heteroatoms. The Bertz CT molecular complexity index is 724. The van der Waals surface area contributed by atoms with Crippen molar-refractivity contribution in [3.05, 3.63) is 97.8 Å². The van der Waals surface area contributed by atoms with E-state index in [1.54, 1.807) is 0 Å². The number of hydrogen-bond donors (Lipinski definition) is 0. The standard InChI is InChI=1S/2C10H9.C4H8.Zr/c2*1-8-6-9-4-2-3-5-10(9)7-8;1-3-4-2;/h2*2-7H,1H3;1-4H2;/q2*-1;-2;+4. The monoisotopic (exact) mass is 404 g/mol. The Balaban J connectivity index is 0.000000201. The minimum absolute atomic E-state index is 0. The van der Waals surface area contributed by atoms with Crippen molar-refractivity contribution >= 4 is 21.5 Å². The molecule has 0 radical (unpaired) electrons. The van der Waals surface area contributed by atoms with Crippen molar-refractivity contribution in [3.63, 3.8) is 0 Å². The van der Waals surface area contributed by atoms with Gasteiger partial charge >= 0.3 is 26.2 Å². The van der Waals surface area contributed by atoms with Crippen LogP contribution in [0.2, 0.25) is 0 Å². The number of hydrogen-bond acceptors (Lipinski definition) is 0. The molecule has 0 bridgehead atoms. The number of aryl methyl sites for hydroxylation is 2. The van der Waals surface area contributed by atoms with Crippen LogP contribution in [-0.4, -0.2) is 0 Å². The number of unbranched alkanes of at least 4 members (excludes halogenated alkanes) is 1. The van der Waals surface area contributed by atoms with Crippen LogP contribution in [0.4, 0.5) is 0 Å². The van der Waals surface area contributed by atoms with Crippen LogP contribution in [0.1, 0.15) is 24.0 Å². The zero-order valence-corrected chi connectivity index (χ0v) is 17.7. The molecule has 4 aromatic carbocycles. The van der Waals surface area contributed by atoms with Gasteiger partial charge in [0.1, 0.15) is 0 Å². The van der Waals surface area contributed by atoms with E-state index >= 15 is 0 Å². The van der Waals surface area contributed by atoms with Crippen molar-refractivity contribution in [1.82, 2.24) is 0 Å². The third kappa shape index (κ3) is 6.75. The summed E-state index contributed by atoms with van der Waals surface area (Å²) in [4.78, 5) is 0. The normalized spacial score (nSPS) is 9.60. The first-order chi connectivity index (χ1) is 11.6. The molecule has 0 aliphatic rings. The van der Waals surface area contributed by atoms with Gasteiger partial charge in [0.2, 0.25) is 0 Å². The maximum Gasteiger partial charge on any atom is 4.00 e. The van der Waals surface area contributed by atoms with Gasteiger partial charge in [-0.25, -0.2) is 12.8 Å². The third-order valence-corrected chi connectivity index (χ3v) is 3.77. The van der Waals surface area contributed by atoms with Crippen molar-refractivity contribution < 1.29 is 26.2 Å². The summed E-state index contributed by atoms with van der Waals surface area (Å²) in [5.41, 5.74) is 2.70. The smallest absolute Gasteiger partial charge is 0.346 e. The van der Waals surface area contributed by atoms with Crippen LogP contribution in [-0.2, 0) is 26.2 Å². The molecule has 0 saturated carbocycles. The fourth-order valence-electron chi connectivity index (χ4n) is 2.61. The maximum absolute atomic E-state index is 3.54. The second kappa shape index (κ2) is 11.2. The van der Waals surface area contributed by atoms with Gasteiger partial charge in [0.25, 0.3) is 0 Å². The molecule has 0 N–H and O–H groups in total. The number of fused-ring (bicyclic) bond motifs is 2. The average molecular weight is 406 g/mol. The maximum atomic E-state index is 3.54. The van der Waals surface area contributed by atoms with Gasteiger partial charge in [-0.3, -0.25) is 0 Å². The molecule has 126 valence electrons. The minimum Gasteiger partial charge on any atom is -0.346 e. The molecule has 0 saturated heterocycles. The average Bonchev–Trinajstić information content (AvgIpc) is 3.15. The van der Waals surface area contributed by atoms with E-state index in [4.69, 9.17) is 0 Å². The number of benzene rings is 2. The van der Waals surface area contributed by atoms with E-state index in [1.165, 1.54) is 32.7 Å². The topological polar surface area (TPSA) is 0 Å². The Morgan fingerprint density at radius 3 is 1.36 bits per heavy atom. The molecule has 0 atom stereocenters. The van der Waals surface area contributed by atoms with E-state index < -0.39 is 0 Å². The Labute approximate surface area is 171 Å². The summed E-state index contributed by atoms with van der Waals surface area (Å²) in [6.45, 7) is 11.3. The van der Waals surface area contributed by atoms with E-state index in [9.17, 15) is 0 Å². The minimum atomic E-state index is 0. The molecule has 0 heterocycles. The van der Waals surface area contributed by atoms with Crippen LogP contribution in [0.3, 0.4) is 0 Å². The van der Waals surface area contributed by atoms with Crippen molar-refractivity contribution in [3.8, 4) is 0 Å². The molecule has 4 aromatic rings. The molecule has 0 unspecified atom stereocenters. The molecule has 0 amide bonds. The summed E-state index contributed by atoms with van der Waals surface area (Å²) < 4.78 is 0. The van der Waals surface area contributed by atoms with Gasteiger partial charge in [-0.15, -0.1) is 81.2 Å². The van der Waals surface area contributed by atoms with Crippen molar-refractivity contribution in [2.45, 2.75) is 26.7 Å². The molecule has 4 rings (SSSR count). The van der Waals surface area contributed by atoms with Crippen LogP contribution in [0.25, 0.3) is 21.5 Å². The second-order valence-electron chi connectivity index (χ2n) is 6.03. The van der Waals surface area contributed by atoms with Crippen molar-refractivity contribution in [1.29, 1.82) is 0 Å². The van der Waals surface area contributed by atoms with E-state index in [0.29, 0.717) is 0 Å². The summed E-state index contributed by atoms with van der Waals surface area (Å²) in [6, 6.07) is 25.7. The van der Waals surface area contributed by atoms with Crippen LogP contribution < -0.4 is 0 Å². The fraction of sp³-hybridized carbons (Fsp3) is 0.167. The largest absolute Gasteiger partial charge is 4.00 e. The van der Waals surface area contributed by atoms with Crippen molar-refractivity contribution in [2.75, 3.05) is 0 Å². The van der Waals surface area contributed by atoms with Crippen molar-refractivity contribution in [2.24, 2.45) is 0 Å². The van der Waals surface area contributed by atoms with Gasteiger partial charge in [0.05, 0.1) is 0 Å². The molecule has 0 aromatic heterocycles. The Hall–Kier alpha value is -1.46. The molecule has 0 fully saturated rings. The number of rotatable bonds is 1. The summed E-state index contributed by atoms with van der Waals surface area (Å²) >= 11 is 0. The van der Waals surface area contributed by atoms with Gasteiger partial charge in [-0.05, 0) is 0 Å². The first-order valence-electron chi connectivity index (χ1n) is 8.46. The Morgan fingerprint density at radius 1 is 0.680 bits per heavy atom. The third-order valence-electron chi connectivity index (χ3n) is 3.77. The van der Waals surface area contributed by atoms with Crippen LogP contribution >= 0.6 is 0 Å². The first-order valence-corrected chi connectivity index (χ1v) is 8.46. The molecule has 0 aliphatic heterocycles. The van der Waals surface area contributed by atoms with Gasteiger partial charge in [0.15, 0.2) is 0 Å². The summed E-state index contributed by atoms with van der Waals surface area (Å²) in [5.74, 6) is 0.